The molecule has 1 aromatic carbocycles. The lowest BCUT2D eigenvalue weighted by Gasteiger charge is -2.37. The van der Waals surface area contributed by atoms with Gasteiger partial charge in [-0.25, -0.2) is 4.39 Å². The van der Waals surface area contributed by atoms with Crippen LogP contribution in [-0.2, 0) is 9.59 Å². The molecule has 3 rings (SSSR count). The number of likely N-dealkylation sites (tertiary alicyclic amines) is 1. The molecule has 7 nitrogen and oxygen atoms in total. The molecule has 0 spiro atoms. The quantitative estimate of drug-likeness (QED) is 0.679. The van der Waals surface area contributed by atoms with Crippen LogP contribution in [0.4, 0.5) is 10.1 Å². The Morgan fingerprint density at radius 3 is 2.43 bits per heavy atom. The fraction of sp³-hybridized carbons (Fsp3) is 0.636. The van der Waals surface area contributed by atoms with Gasteiger partial charge in [0.05, 0.1) is 17.7 Å². The number of amides is 2. The Hall–Kier alpha value is -2.19. The first-order valence-electron chi connectivity index (χ1n) is 10.7. The number of carbonyl (C=O) groups is 2. The van der Waals surface area contributed by atoms with Crippen molar-refractivity contribution in [3.63, 3.8) is 0 Å². The van der Waals surface area contributed by atoms with E-state index in [1.165, 1.54) is 17.0 Å². The summed E-state index contributed by atoms with van der Waals surface area (Å²) >= 11 is 0. The van der Waals surface area contributed by atoms with Gasteiger partial charge in [-0.3, -0.25) is 19.4 Å². The molecule has 2 aliphatic heterocycles. The molecule has 2 amide bonds. The van der Waals surface area contributed by atoms with Crippen molar-refractivity contribution >= 4 is 17.5 Å². The molecule has 2 fully saturated rings. The third kappa shape index (κ3) is 4.59. The summed E-state index contributed by atoms with van der Waals surface area (Å²) in [4.78, 5) is 30.4. The lowest BCUT2D eigenvalue weighted by molar-refractivity contribution is -0.140. The molecule has 166 valence electrons. The third-order valence-electron chi connectivity index (χ3n) is 6.09. The predicted molar refractivity (Wildman–Crippen MR) is 114 cm³/mol. The minimum Gasteiger partial charge on any atom is -0.489 e. The number of ether oxygens (including phenoxy) is 1. The second-order valence-corrected chi connectivity index (χ2v) is 8.76. The molecule has 2 N–H and O–H groups in total. The first-order chi connectivity index (χ1) is 14.1. The SMILES string of the molecule is CC(C)Oc1ccc(F)cc1N1CCN(CCCN2C(=O)C(C)C(C)(N)C2=O)CC1. The molecule has 2 atom stereocenters. The zero-order valence-electron chi connectivity index (χ0n) is 18.4. The van der Waals surface area contributed by atoms with Crippen LogP contribution in [0.2, 0.25) is 0 Å². The highest BCUT2D eigenvalue weighted by Crippen LogP contribution is 2.31. The van der Waals surface area contributed by atoms with Crippen LogP contribution >= 0.6 is 0 Å². The molecule has 0 radical (unpaired) electrons. The minimum atomic E-state index is -1.11. The average molecular weight is 421 g/mol. The van der Waals surface area contributed by atoms with E-state index >= 15 is 0 Å². The van der Waals surface area contributed by atoms with Gasteiger partial charge in [-0.2, -0.15) is 0 Å². The van der Waals surface area contributed by atoms with Crippen molar-refractivity contribution in [2.24, 2.45) is 11.7 Å². The lowest BCUT2D eigenvalue weighted by atomic mass is 9.91. The molecule has 2 heterocycles. The van der Waals surface area contributed by atoms with Crippen molar-refractivity contribution in [3.8, 4) is 5.75 Å². The van der Waals surface area contributed by atoms with Crippen LogP contribution in [0.1, 0.15) is 34.1 Å². The van der Waals surface area contributed by atoms with Gasteiger partial charge in [0.15, 0.2) is 0 Å². The van der Waals surface area contributed by atoms with Crippen LogP contribution in [0.15, 0.2) is 18.2 Å². The fourth-order valence-corrected chi connectivity index (χ4v) is 4.03. The number of anilines is 1. The van der Waals surface area contributed by atoms with Crippen molar-refractivity contribution in [3.05, 3.63) is 24.0 Å². The summed E-state index contributed by atoms with van der Waals surface area (Å²) in [5, 5.41) is 0. The highest BCUT2D eigenvalue weighted by Gasteiger charge is 2.51. The van der Waals surface area contributed by atoms with Crippen LogP contribution in [0, 0.1) is 11.7 Å². The van der Waals surface area contributed by atoms with E-state index < -0.39 is 11.5 Å². The Labute approximate surface area is 177 Å². The number of halogens is 1. The number of carbonyl (C=O) groups excluding carboxylic acids is 2. The zero-order valence-corrected chi connectivity index (χ0v) is 18.4. The van der Waals surface area contributed by atoms with Gasteiger partial charge in [-0.05, 0) is 45.9 Å². The number of piperazine rings is 1. The zero-order chi connectivity index (χ0) is 22.1. The Kier molecular flexibility index (Phi) is 6.67. The maximum atomic E-state index is 13.8. The van der Waals surface area contributed by atoms with Crippen LogP contribution in [-0.4, -0.2) is 72.5 Å². The average Bonchev–Trinajstić information content (AvgIpc) is 2.84. The van der Waals surface area contributed by atoms with Crippen molar-refractivity contribution in [1.82, 2.24) is 9.80 Å². The largest absolute Gasteiger partial charge is 0.489 e. The lowest BCUT2D eigenvalue weighted by Crippen LogP contribution is -2.49. The summed E-state index contributed by atoms with van der Waals surface area (Å²) in [6.45, 7) is 11.6. The fourth-order valence-electron chi connectivity index (χ4n) is 4.03. The minimum absolute atomic E-state index is 0.0182. The van der Waals surface area contributed by atoms with Crippen molar-refractivity contribution in [2.45, 2.75) is 45.8 Å². The maximum absolute atomic E-state index is 13.8. The molecule has 0 aromatic heterocycles. The molecule has 2 saturated heterocycles. The molecular weight excluding hydrogens is 387 g/mol. The molecule has 0 bridgehead atoms. The Balaban J connectivity index is 1.51. The van der Waals surface area contributed by atoms with Crippen molar-refractivity contribution in [1.29, 1.82) is 0 Å². The number of nitrogens with two attached hydrogens (primary N) is 1. The van der Waals surface area contributed by atoms with Gasteiger partial charge < -0.3 is 15.4 Å². The summed E-state index contributed by atoms with van der Waals surface area (Å²) in [5.74, 6) is -0.524. The molecule has 30 heavy (non-hydrogen) atoms. The van der Waals surface area contributed by atoms with Gasteiger partial charge in [0.25, 0.3) is 0 Å². The Morgan fingerprint density at radius 1 is 1.20 bits per heavy atom. The highest BCUT2D eigenvalue weighted by molar-refractivity contribution is 6.09. The normalized spacial score (nSPS) is 25.5. The van der Waals surface area contributed by atoms with Crippen LogP contribution in [0.3, 0.4) is 0 Å². The van der Waals surface area contributed by atoms with E-state index in [4.69, 9.17) is 10.5 Å². The van der Waals surface area contributed by atoms with Crippen LogP contribution in [0.25, 0.3) is 0 Å². The van der Waals surface area contributed by atoms with E-state index in [-0.39, 0.29) is 23.7 Å². The molecule has 0 aliphatic carbocycles. The van der Waals surface area contributed by atoms with Gasteiger partial charge in [-0.15, -0.1) is 0 Å². The number of nitrogens with zero attached hydrogens (tertiary/aromatic N) is 3. The molecule has 0 saturated carbocycles. The maximum Gasteiger partial charge on any atom is 0.249 e. The standard InChI is InChI=1S/C22H33FN4O3/c1-15(2)30-19-7-6-17(23)14-18(19)26-12-10-25(11-13-26)8-5-9-27-20(28)16(3)22(4,24)21(27)29/h6-7,14-16H,5,8-13,24H2,1-4H3. The van der Waals surface area contributed by atoms with E-state index in [1.807, 2.05) is 13.8 Å². The third-order valence-corrected chi connectivity index (χ3v) is 6.09. The summed E-state index contributed by atoms with van der Waals surface area (Å²) in [6, 6.07) is 4.64. The summed E-state index contributed by atoms with van der Waals surface area (Å²) in [7, 11) is 0. The molecule has 1 aromatic rings. The molecular formula is C22H33FN4O3. The van der Waals surface area contributed by atoms with E-state index in [0.29, 0.717) is 18.7 Å². The van der Waals surface area contributed by atoms with Gasteiger partial charge in [0, 0.05) is 38.8 Å². The van der Waals surface area contributed by atoms with Crippen LogP contribution in [0.5, 0.6) is 5.75 Å². The smallest absolute Gasteiger partial charge is 0.249 e. The molecule has 2 unspecified atom stereocenters. The van der Waals surface area contributed by atoms with Gasteiger partial charge in [0.2, 0.25) is 11.8 Å². The first kappa shape index (κ1) is 22.5. The second kappa shape index (κ2) is 8.89. The number of benzene rings is 1. The van der Waals surface area contributed by atoms with Crippen molar-refractivity contribution < 1.29 is 18.7 Å². The highest BCUT2D eigenvalue weighted by atomic mass is 19.1. The van der Waals surface area contributed by atoms with Gasteiger partial charge in [0.1, 0.15) is 17.1 Å². The Bertz CT molecular complexity index is 791. The summed E-state index contributed by atoms with van der Waals surface area (Å²) in [6.07, 6.45) is 0.728. The van der Waals surface area contributed by atoms with E-state index in [9.17, 15) is 14.0 Å². The van der Waals surface area contributed by atoms with Gasteiger partial charge >= 0.3 is 0 Å². The number of imide groups is 1. The van der Waals surface area contributed by atoms with E-state index in [2.05, 4.69) is 9.80 Å². The number of rotatable bonds is 7. The van der Waals surface area contributed by atoms with Gasteiger partial charge in [-0.1, -0.05) is 6.92 Å². The topological polar surface area (TPSA) is 79.1 Å². The number of hydrogen-bond acceptors (Lipinski definition) is 6. The predicted octanol–water partition coefficient (Wildman–Crippen LogP) is 1.85. The van der Waals surface area contributed by atoms with Crippen molar-refractivity contribution in [2.75, 3.05) is 44.2 Å². The first-order valence-corrected chi connectivity index (χ1v) is 10.7. The van der Waals surface area contributed by atoms with E-state index in [0.717, 1.165) is 38.4 Å². The number of hydrogen-bond donors (Lipinski definition) is 1. The Morgan fingerprint density at radius 2 is 1.87 bits per heavy atom. The summed E-state index contributed by atoms with van der Waals surface area (Å²) < 4.78 is 19.7. The van der Waals surface area contributed by atoms with E-state index in [1.54, 1.807) is 19.9 Å². The monoisotopic (exact) mass is 420 g/mol. The second-order valence-electron chi connectivity index (χ2n) is 8.76. The summed E-state index contributed by atoms with van der Waals surface area (Å²) in [5.41, 5.74) is 5.70. The molecule has 2 aliphatic rings. The molecule has 8 heteroatoms. The van der Waals surface area contributed by atoms with Crippen LogP contribution < -0.4 is 15.4 Å².